The third-order valence-electron chi connectivity index (χ3n) is 3.63. The van der Waals surface area contributed by atoms with E-state index in [0.717, 1.165) is 12.2 Å². The zero-order valence-corrected chi connectivity index (χ0v) is 13.9. The van der Waals surface area contributed by atoms with Crippen molar-refractivity contribution in [3.8, 4) is 0 Å². The summed E-state index contributed by atoms with van der Waals surface area (Å²) in [7, 11) is 0. The SMILES string of the molecule is C=CC(=O)OCC(O)COC1=CC(O)(O)C(C(=O)c2ccccc2)C=C1. The predicted molar refractivity (Wildman–Crippen MR) is 91.8 cm³/mol. The van der Waals surface area contributed by atoms with Crippen LogP contribution in [0.1, 0.15) is 10.4 Å². The quantitative estimate of drug-likeness (QED) is 0.271. The van der Waals surface area contributed by atoms with E-state index in [9.17, 15) is 24.9 Å². The van der Waals surface area contributed by atoms with Crippen molar-refractivity contribution in [1.82, 2.24) is 0 Å². The molecule has 0 spiro atoms. The number of rotatable bonds is 8. The lowest BCUT2D eigenvalue weighted by molar-refractivity contribution is -0.141. The number of carbonyl (C=O) groups excluding carboxylic acids is 2. The van der Waals surface area contributed by atoms with E-state index in [1.54, 1.807) is 30.3 Å². The molecule has 3 N–H and O–H groups in total. The van der Waals surface area contributed by atoms with Gasteiger partial charge in [0, 0.05) is 17.7 Å². The molecule has 0 saturated carbocycles. The molecule has 7 heteroatoms. The highest BCUT2D eigenvalue weighted by Crippen LogP contribution is 2.28. The van der Waals surface area contributed by atoms with Gasteiger partial charge in [0.05, 0.1) is 5.92 Å². The molecule has 7 nitrogen and oxygen atoms in total. The maximum absolute atomic E-state index is 12.4. The molecule has 0 aromatic heterocycles. The summed E-state index contributed by atoms with van der Waals surface area (Å²) in [6.07, 6.45) is 3.59. The molecule has 26 heavy (non-hydrogen) atoms. The number of hydrogen-bond acceptors (Lipinski definition) is 7. The van der Waals surface area contributed by atoms with Gasteiger partial charge in [0.15, 0.2) is 5.78 Å². The van der Waals surface area contributed by atoms with E-state index >= 15 is 0 Å². The van der Waals surface area contributed by atoms with Gasteiger partial charge in [0.2, 0.25) is 5.79 Å². The second kappa shape index (κ2) is 8.57. The lowest BCUT2D eigenvalue weighted by atomic mass is 9.86. The number of allylic oxidation sites excluding steroid dienone is 1. The fourth-order valence-electron chi connectivity index (χ4n) is 2.31. The summed E-state index contributed by atoms with van der Waals surface area (Å²) < 4.78 is 9.92. The maximum atomic E-state index is 12.4. The molecular formula is C19H20O7. The molecule has 1 aliphatic carbocycles. The molecular weight excluding hydrogens is 340 g/mol. The Morgan fingerprint density at radius 2 is 1.92 bits per heavy atom. The molecule has 0 fully saturated rings. The number of carbonyl (C=O) groups is 2. The molecule has 0 aliphatic heterocycles. The standard InChI is InChI=1S/C19H20O7/c1-2-17(21)26-12-14(20)11-25-15-8-9-16(19(23,24)10-15)18(22)13-6-4-3-5-7-13/h2-10,14,16,20,23-24H,1,11-12H2. The molecule has 0 heterocycles. The van der Waals surface area contributed by atoms with Crippen molar-refractivity contribution >= 4 is 11.8 Å². The highest BCUT2D eigenvalue weighted by molar-refractivity contribution is 5.99. The largest absolute Gasteiger partial charge is 0.491 e. The van der Waals surface area contributed by atoms with Gasteiger partial charge in [0.1, 0.15) is 25.1 Å². The van der Waals surface area contributed by atoms with Crippen LogP contribution in [-0.4, -0.2) is 52.2 Å². The van der Waals surface area contributed by atoms with Crippen LogP contribution in [0.15, 0.2) is 67.0 Å². The minimum absolute atomic E-state index is 0.0706. The number of benzene rings is 1. The predicted octanol–water partition coefficient (Wildman–Crippen LogP) is 0.727. The van der Waals surface area contributed by atoms with Gasteiger partial charge in [-0.15, -0.1) is 0 Å². The number of Topliss-reactive ketones (excluding diaryl/α,β-unsaturated/α-hetero) is 1. The molecule has 2 atom stereocenters. The van der Waals surface area contributed by atoms with Crippen molar-refractivity contribution < 1.29 is 34.4 Å². The summed E-state index contributed by atoms with van der Waals surface area (Å²) in [6, 6.07) is 8.29. The summed E-state index contributed by atoms with van der Waals surface area (Å²) in [4.78, 5) is 23.3. The average Bonchev–Trinajstić information content (AvgIpc) is 2.63. The number of esters is 1. The smallest absolute Gasteiger partial charge is 0.330 e. The van der Waals surface area contributed by atoms with Crippen LogP contribution in [0.25, 0.3) is 0 Å². The van der Waals surface area contributed by atoms with Crippen molar-refractivity contribution in [1.29, 1.82) is 0 Å². The van der Waals surface area contributed by atoms with Crippen molar-refractivity contribution in [3.05, 3.63) is 72.5 Å². The summed E-state index contributed by atoms with van der Waals surface area (Å²) >= 11 is 0. The first kappa shape index (κ1) is 19.6. The van der Waals surface area contributed by atoms with Crippen molar-refractivity contribution in [3.63, 3.8) is 0 Å². The van der Waals surface area contributed by atoms with Crippen LogP contribution < -0.4 is 0 Å². The zero-order valence-electron chi connectivity index (χ0n) is 13.9. The molecule has 1 aliphatic rings. The molecule has 0 amide bonds. The summed E-state index contributed by atoms with van der Waals surface area (Å²) in [5.74, 6) is -4.67. The molecule has 2 unspecified atom stereocenters. The first-order valence-corrected chi connectivity index (χ1v) is 7.88. The Morgan fingerprint density at radius 1 is 1.23 bits per heavy atom. The van der Waals surface area contributed by atoms with Crippen molar-refractivity contribution in [2.45, 2.75) is 11.9 Å². The first-order valence-electron chi connectivity index (χ1n) is 7.88. The van der Waals surface area contributed by atoms with E-state index in [0.29, 0.717) is 5.56 Å². The van der Waals surface area contributed by atoms with Crippen LogP contribution >= 0.6 is 0 Å². The lowest BCUT2D eigenvalue weighted by Crippen LogP contribution is -2.41. The highest BCUT2D eigenvalue weighted by atomic mass is 16.5. The Balaban J connectivity index is 1.95. The third-order valence-corrected chi connectivity index (χ3v) is 3.63. The second-order valence-electron chi connectivity index (χ2n) is 5.70. The lowest BCUT2D eigenvalue weighted by Gasteiger charge is -2.29. The number of aliphatic hydroxyl groups excluding tert-OH is 1. The van der Waals surface area contributed by atoms with E-state index in [1.807, 2.05) is 0 Å². The fourth-order valence-corrected chi connectivity index (χ4v) is 2.31. The Kier molecular flexibility index (Phi) is 6.46. The maximum Gasteiger partial charge on any atom is 0.330 e. The van der Waals surface area contributed by atoms with Gasteiger partial charge in [-0.2, -0.15) is 0 Å². The number of ketones is 1. The van der Waals surface area contributed by atoms with E-state index in [2.05, 4.69) is 11.3 Å². The van der Waals surface area contributed by atoms with Gasteiger partial charge >= 0.3 is 5.97 Å². The normalized spacial score (nSPS) is 19.2. The molecule has 0 bridgehead atoms. The Bertz CT molecular complexity index is 719. The molecule has 0 saturated heterocycles. The van der Waals surface area contributed by atoms with Gasteiger partial charge in [-0.05, 0) is 6.08 Å². The number of aliphatic hydroxyl groups is 3. The summed E-state index contributed by atoms with van der Waals surface area (Å²) in [5, 5.41) is 30.1. The molecule has 1 aromatic rings. The van der Waals surface area contributed by atoms with Gasteiger partial charge < -0.3 is 24.8 Å². The van der Waals surface area contributed by atoms with E-state index < -0.39 is 29.6 Å². The minimum Gasteiger partial charge on any atom is -0.491 e. The number of hydrogen-bond donors (Lipinski definition) is 3. The molecule has 138 valence electrons. The van der Waals surface area contributed by atoms with E-state index in [4.69, 9.17) is 4.74 Å². The molecule has 0 radical (unpaired) electrons. The third kappa shape index (κ3) is 5.13. The monoisotopic (exact) mass is 360 g/mol. The van der Waals surface area contributed by atoms with Crippen LogP contribution in [0.4, 0.5) is 0 Å². The number of ether oxygens (including phenoxy) is 2. The van der Waals surface area contributed by atoms with Crippen LogP contribution in [0.2, 0.25) is 0 Å². The summed E-state index contributed by atoms with van der Waals surface area (Å²) in [5.41, 5.74) is 0.354. The average molecular weight is 360 g/mol. The van der Waals surface area contributed by atoms with Gasteiger partial charge in [0.25, 0.3) is 0 Å². The summed E-state index contributed by atoms with van der Waals surface area (Å²) in [6.45, 7) is 2.69. The first-order chi connectivity index (χ1) is 12.3. The van der Waals surface area contributed by atoms with Crippen LogP contribution in [0, 0.1) is 5.92 Å². The van der Waals surface area contributed by atoms with Crippen LogP contribution in [0.3, 0.4) is 0 Å². The van der Waals surface area contributed by atoms with E-state index in [1.165, 1.54) is 12.2 Å². The van der Waals surface area contributed by atoms with Gasteiger partial charge in [-0.3, -0.25) is 4.79 Å². The van der Waals surface area contributed by atoms with E-state index in [-0.39, 0.29) is 19.0 Å². The Morgan fingerprint density at radius 3 is 2.54 bits per heavy atom. The second-order valence-corrected chi connectivity index (χ2v) is 5.70. The van der Waals surface area contributed by atoms with Gasteiger partial charge in [-0.1, -0.05) is 43.0 Å². The Labute approximate surface area is 150 Å². The minimum atomic E-state index is -2.43. The van der Waals surface area contributed by atoms with Crippen LogP contribution in [0.5, 0.6) is 0 Å². The van der Waals surface area contributed by atoms with Crippen LogP contribution in [-0.2, 0) is 14.3 Å². The highest BCUT2D eigenvalue weighted by Gasteiger charge is 2.39. The van der Waals surface area contributed by atoms with Crippen molar-refractivity contribution in [2.75, 3.05) is 13.2 Å². The molecule has 2 rings (SSSR count). The topological polar surface area (TPSA) is 113 Å². The van der Waals surface area contributed by atoms with Crippen molar-refractivity contribution in [2.24, 2.45) is 5.92 Å². The Hall–Kier alpha value is -2.74. The fraction of sp³-hybridized carbons (Fsp3) is 0.263. The van der Waals surface area contributed by atoms with Gasteiger partial charge in [-0.25, -0.2) is 4.79 Å². The molecule has 1 aromatic carbocycles. The zero-order chi connectivity index (χ0) is 19.2.